The van der Waals surface area contributed by atoms with E-state index in [-0.39, 0.29) is 0 Å². The normalized spacial score (nSPS) is 10.4. The molecule has 0 saturated carbocycles. The number of hydrogen-bond donors (Lipinski definition) is 0. The summed E-state index contributed by atoms with van der Waals surface area (Å²) >= 11 is 3.69. The van der Waals surface area contributed by atoms with E-state index in [1.807, 2.05) is 23.1 Å². The summed E-state index contributed by atoms with van der Waals surface area (Å²) in [6.45, 7) is 6.46. The van der Waals surface area contributed by atoms with Crippen molar-refractivity contribution in [1.82, 2.24) is 9.78 Å². The third-order valence-electron chi connectivity index (χ3n) is 3.73. The quantitative estimate of drug-likeness (QED) is 0.397. The fourth-order valence-electron chi connectivity index (χ4n) is 2.69. The molecule has 0 unspecified atom stereocenters. The predicted octanol–water partition coefficient (Wildman–Crippen LogP) is 6.55. The summed E-state index contributed by atoms with van der Waals surface area (Å²) in [6.07, 6.45) is 9.89. The predicted molar refractivity (Wildman–Crippen MR) is 102 cm³/mol. The first-order chi connectivity index (χ1) is 11.1. The van der Waals surface area contributed by atoms with Gasteiger partial charge in [-0.15, -0.1) is 5.73 Å². The van der Waals surface area contributed by atoms with Gasteiger partial charge in [0.1, 0.15) is 0 Å². The lowest BCUT2D eigenvalue weighted by Gasteiger charge is -2.14. The van der Waals surface area contributed by atoms with Gasteiger partial charge >= 0.3 is 0 Å². The number of aromatic nitrogens is 2. The lowest BCUT2D eigenvalue weighted by Crippen LogP contribution is -2.01. The zero-order chi connectivity index (χ0) is 16.7. The molecule has 0 bridgehead atoms. The van der Waals surface area contributed by atoms with Crippen LogP contribution in [0.1, 0.15) is 58.4 Å². The summed E-state index contributed by atoms with van der Waals surface area (Å²) in [5, 5.41) is 4.42. The number of unbranched alkanes of at least 4 members (excludes halogenated alkanes) is 3. The van der Waals surface area contributed by atoms with Crippen molar-refractivity contribution in [2.24, 2.45) is 0 Å². The molecular formula is C20H25BrN2. The van der Waals surface area contributed by atoms with Gasteiger partial charge in [0.2, 0.25) is 0 Å². The fourth-order valence-corrected chi connectivity index (χ4v) is 3.24. The van der Waals surface area contributed by atoms with E-state index in [1.165, 1.54) is 42.4 Å². The molecular weight excluding hydrogens is 348 g/mol. The molecule has 23 heavy (non-hydrogen) atoms. The zero-order valence-electron chi connectivity index (χ0n) is 14.3. The maximum absolute atomic E-state index is 4.42. The Labute approximate surface area is 148 Å². The molecule has 0 N–H and O–H groups in total. The molecule has 0 aliphatic rings. The molecule has 0 amide bonds. The van der Waals surface area contributed by atoms with Gasteiger partial charge in [-0.2, -0.15) is 5.10 Å². The Kier molecular flexibility index (Phi) is 6.88. The van der Waals surface area contributed by atoms with Gasteiger partial charge in [-0.05, 0) is 60.3 Å². The van der Waals surface area contributed by atoms with Crippen LogP contribution in [-0.4, -0.2) is 9.78 Å². The number of nitrogens with zero attached hydrogens (tertiary/aromatic N) is 2. The highest BCUT2D eigenvalue weighted by atomic mass is 79.9. The molecule has 0 atom stereocenters. The second kappa shape index (κ2) is 8.90. The molecule has 1 heterocycles. The van der Waals surface area contributed by atoms with E-state index in [0.29, 0.717) is 0 Å². The van der Waals surface area contributed by atoms with Crippen molar-refractivity contribution >= 4 is 21.5 Å². The number of benzene rings is 1. The van der Waals surface area contributed by atoms with Crippen molar-refractivity contribution in [2.45, 2.75) is 52.9 Å². The molecule has 122 valence electrons. The molecule has 2 nitrogen and oxygen atoms in total. The molecule has 2 rings (SSSR count). The minimum Gasteiger partial charge on any atom is -0.239 e. The average Bonchev–Trinajstić information content (AvgIpc) is 3.03. The number of para-hydroxylation sites is 1. The van der Waals surface area contributed by atoms with Crippen LogP contribution in [0.3, 0.4) is 0 Å². The Morgan fingerprint density at radius 2 is 2.00 bits per heavy atom. The molecule has 1 aromatic carbocycles. The SMILES string of the molecule is CCCCCCC(=C=C(C)C)c1cccc(Br)c1-n1cccn1. The lowest BCUT2D eigenvalue weighted by atomic mass is 9.97. The molecule has 0 radical (unpaired) electrons. The first-order valence-corrected chi connectivity index (χ1v) is 9.14. The van der Waals surface area contributed by atoms with Crippen LogP contribution in [0.4, 0.5) is 0 Å². The van der Waals surface area contributed by atoms with Gasteiger partial charge in [0, 0.05) is 28.0 Å². The number of halogens is 1. The summed E-state index contributed by atoms with van der Waals surface area (Å²) in [5.74, 6) is 0. The van der Waals surface area contributed by atoms with Crippen LogP contribution in [0.25, 0.3) is 11.3 Å². The topological polar surface area (TPSA) is 17.8 Å². The second-order valence-corrected chi connectivity index (χ2v) is 6.86. The highest BCUT2D eigenvalue weighted by molar-refractivity contribution is 9.10. The van der Waals surface area contributed by atoms with Crippen LogP contribution < -0.4 is 0 Å². The average molecular weight is 373 g/mol. The molecule has 0 fully saturated rings. The third kappa shape index (κ3) is 4.95. The maximum atomic E-state index is 4.42. The number of hydrogen-bond acceptors (Lipinski definition) is 1. The smallest absolute Gasteiger partial charge is 0.0868 e. The Balaban J connectivity index is 2.44. The highest BCUT2D eigenvalue weighted by Crippen LogP contribution is 2.31. The van der Waals surface area contributed by atoms with E-state index >= 15 is 0 Å². The largest absolute Gasteiger partial charge is 0.239 e. The summed E-state index contributed by atoms with van der Waals surface area (Å²) in [6, 6.07) is 8.28. The van der Waals surface area contributed by atoms with Crippen molar-refractivity contribution < 1.29 is 0 Å². The summed E-state index contributed by atoms with van der Waals surface area (Å²) < 4.78 is 2.98. The lowest BCUT2D eigenvalue weighted by molar-refractivity contribution is 0.678. The summed E-state index contributed by atoms with van der Waals surface area (Å²) in [7, 11) is 0. The summed E-state index contributed by atoms with van der Waals surface area (Å²) in [4.78, 5) is 0. The Morgan fingerprint density at radius 3 is 2.65 bits per heavy atom. The van der Waals surface area contributed by atoms with Crippen LogP contribution in [0.15, 0.2) is 52.4 Å². The summed E-state index contributed by atoms with van der Waals surface area (Å²) in [5.41, 5.74) is 8.36. The maximum Gasteiger partial charge on any atom is 0.0868 e. The van der Waals surface area contributed by atoms with Gasteiger partial charge in [-0.1, -0.05) is 38.3 Å². The van der Waals surface area contributed by atoms with E-state index in [1.54, 1.807) is 0 Å². The van der Waals surface area contributed by atoms with Crippen LogP contribution in [0, 0.1) is 0 Å². The fraction of sp³-hybridized carbons (Fsp3) is 0.400. The van der Waals surface area contributed by atoms with E-state index in [9.17, 15) is 0 Å². The van der Waals surface area contributed by atoms with Crippen molar-refractivity contribution in [3.63, 3.8) is 0 Å². The van der Waals surface area contributed by atoms with Crippen LogP contribution in [-0.2, 0) is 0 Å². The Hall–Kier alpha value is -1.57. The third-order valence-corrected chi connectivity index (χ3v) is 4.37. The van der Waals surface area contributed by atoms with Gasteiger partial charge in [-0.3, -0.25) is 0 Å². The van der Waals surface area contributed by atoms with Gasteiger partial charge in [0.15, 0.2) is 0 Å². The first-order valence-electron chi connectivity index (χ1n) is 8.35. The van der Waals surface area contributed by atoms with Crippen molar-refractivity contribution in [2.75, 3.05) is 0 Å². The van der Waals surface area contributed by atoms with Crippen molar-refractivity contribution in [3.05, 3.63) is 58.0 Å². The Morgan fingerprint density at radius 1 is 1.17 bits per heavy atom. The molecule has 3 heteroatoms. The number of rotatable bonds is 7. The van der Waals surface area contributed by atoms with E-state index in [2.05, 4.69) is 65.7 Å². The molecule has 1 aromatic heterocycles. The van der Waals surface area contributed by atoms with E-state index in [0.717, 1.165) is 16.6 Å². The standard InChI is InChI=1S/C20H25BrN2/c1-4-5-6-7-10-17(15-16(2)3)18-11-8-12-19(21)20(18)23-14-9-13-22-23/h8-9,11-14H,4-7,10H2,1-3H3. The van der Waals surface area contributed by atoms with Gasteiger partial charge in [0.25, 0.3) is 0 Å². The molecule has 0 saturated heterocycles. The molecule has 0 aliphatic carbocycles. The zero-order valence-corrected chi connectivity index (χ0v) is 15.9. The molecule has 0 aliphatic heterocycles. The van der Waals surface area contributed by atoms with Gasteiger partial charge < -0.3 is 0 Å². The van der Waals surface area contributed by atoms with Gasteiger partial charge in [-0.25, -0.2) is 4.68 Å². The van der Waals surface area contributed by atoms with Crippen LogP contribution >= 0.6 is 15.9 Å². The molecule has 0 spiro atoms. The molecule has 2 aromatic rings. The minimum absolute atomic E-state index is 1.05. The van der Waals surface area contributed by atoms with Crippen molar-refractivity contribution in [1.29, 1.82) is 0 Å². The van der Waals surface area contributed by atoms with E-state index < -0.39 is 0 Å². The Bertz CT molecular complexity index is 688. The first kappa shape index (κ1) is 17.8. The van der Waals surface area contributed by atoms with E-state index in [4.69, 9.17) is 0 Å². The second-order valence-electron chi connectivity index (χ2n) is 6.00. The highest BCUT2D eigenvalue weighted by Gasteiger charge is 2.13. The van der Waals surface area contributed by atoms with Crippen LogP contribution in [0.5, 0.6) is 0 Å². The minimum atomic E-state index is 1.05. The monoisotopic (exact) mass is 372 g/mol. The number of allylic oxidation sites excluding steroid dienone is 1. The van der Waals surface area contributed by atoms with Crippen LogP contribution in [0.2, 0.25) is 0 Å². The van der Waals surface area contributed by atoms with Gasteiger partial charge in [0.05, 0.1) is 5.69 Å². The van der Waals surface area contributed by atoms with Crippen molar-refractivity contribution in [3.8, 4) is 5.69 Å².